The lowest BCUT2D eigenvalue weighted by Gasteiger charge is -2.22. The van der Waals surface area contributed by atoms with Gasteiger partial charge in [-0.05, 0) is 39.3 Å². The first-order valence-electron chi connectivity index (χ1n) is 5.15. The summed E-state index contributed by atoms with van der Waals surface area (Å²) >= 11 is 0. The Morgan fingerprint density at radius 1 is 1.31 bits per heavy atom. The Kier molecular flexibility index (Phi) is 6.62. The summed E-state index contributed by atoms with van der Waals surface area (Å²) in [4.78, 5) is 2.27. The average Bonchev–Trinajstić information content (AvgIpc) is 2.04. The van der Waals surface area contributed by atoms with E-state index >= 15 is 0 Å². The smallest absolute Gasteiger partial charge is 0.0638 e. The number of hydrogen-bond acceptors (Lipinski definition) is 2. The van der Waals surface area contributed by atoms with Gasteiger partial charge in [-0.15, -0.1) is 0 Å². The zero-order chi connectivity index (χ0) is 10.3. The minimum Gasteiger partial charge on any atom is -0.303 e. The van der Waals surface area contributed by atoms with Gasteiger partial charge in [0.25, 0.3) is 0 Å². The van der Waals surface area contributed by atoms with E-state index < -0.39 is 0 Å². The molecular formula is C11H22N2. The lowest BCUT2D eigenvalue weighted by atomic mass is 10.1. The van der Waals surface area contributed by atoms with Crippen molar-refractivity contribution in [3.05, 3.63) is 0 Å². The molecule has 0 N–H and O–H groups in total. The van der Waals surface area contributed by atoms with E-state index in [0.29, 0.717) is 12.5 Å². The van der Waals surface area contributed by atoms with Gasteiger partial charge in [0, 0.05) is 6.04 Å². The van der Waals surface area contributed by atoms with Gasteiger partial charge in [0.05, 0.1) is 12.5 Å². The van der Waals surface area contributed by atoms with Gasteiger partial charge in [0.1, 0.15) is 0 Å². The van der Waals surface area contributed by atoms with Crippen LogP contribution >= 0.6 is 0 Å². The predicted molar refractivity (Wildman–Crippen MR) is 56.4 cm³/mol. The van der Waals surface area contributed by atoms with E-state index in [-0.39, 0.29) is 0 Å². The van der Waals surface area contributed by atoms with Crippen molar-refractivity contribution in [2.45, 2.75) is 46.1 Å². The van der Waals surface area contributed by atoms with Crippen molar-refractivity contribution in [2.24, 2.45) is 5.92 Å². The van der Waals surface area contributed by atoms with E-state index in [1.165, 1.54) is 12.8 Å². The lowest BCUT2D eigenvalue weighted by molar-refractivity contribution is 0.251. The third-order valence-electron chi connectivity index (χ3n) is 2.43. The molecule has 0 bridgehead atoms. The molecule has 13 heavy (non-hydrogen) atoms. The summed E-state index contributed by atoms with van der Waals surface area (Å²) in [6, 6.07) is 2.61. The Morgan fingerprint density at radius 2 is 1.92 bits per heavy atom. The molecule has 0 spiro atoms. The van der Waals surface area contributed by atoms with Gasteiger partial charge in [-0.1, -0.05) is 13.8 Å². The van der Waals surface area contributed by atoms with E-state index in [2.05, 4.69) is 38.8 Å². The molecule has 76 valence electrons. The van der Waals surface area contributed by atoms with Crippen LogP contribution in [0.3, 0.4) is 0 Å². The minimum absolute atomic E-state index is 0.400. The molecule has 0 saturated carbocycles. The van der Waals surface area contributed by atoms with E-state index in [4.69, 9.17) is 5.26 Å². The third-order valence-corrected chi connectivity index (χ3v) is 2.43. The number of rotatable bonds is 6. The van der Waals surface area contributed by atoms with E-state index in [9.17, 15) is 0 Å². The predicted octanol–water partition coefficient (Wildman–Crippen LogP) is 2.66. The number of nitriles is 1. The summed E-state index contributed by atoms with van der Waals surface area (Å²) in [6.45, 7) is 7.72. The normalized spacial score (nSPS) is 13.3. The topological polar surface area (TPSA) is 27.0 Å². The highest BCUT2D eigenvalue weighted by Crippen LogP contribution is 2.06. The average molecular weight is 182 g/mol. The highest BCUT2D eigenvalue weighted by Gasteiger charge is 2.07. The van der Waals surface area contributed by atoms with Crippen LogP contribution in [0.1, 0.15) is 40.0 Å². The molecule has 0 aromatic heterocycles. The second-order valence-corrected chi connectivity index (χ2v) is 4.23. The van der Waals surface area contributed by atoms with Gasteiger partial charge in [0.2, 0.25) is 0 Å². The van der Waals surface area contributed by atoms with Crippen molar-refractivity contribution in [1.29, 1.82) is 5.26 Å². The quantitative estimate of drug-likeness (QED) is 0.631. The van der Waals surface area contributed by atoms with Crippen molar-refractivity contribution >= 4 is 0 Å². The Bertz CT molecular complexity index is 158. The Balaban J connectivity index is 3.50. The van der Waals surface area contributed by atoms with Gasteiger partial charge >= 0.3 is 0 Å². The molecule has 0 aliphatic heterocycles. The highest BCUT2D eigenvalue weighted by molar-refractivity contribution is 4.78. The maximum atomic E-state index is 8.52. The molecule has 0 aliphatic rings. The van der Waals surface area contributed by atoms with Crippen molar-refractivity contribution in [1.82, 2.24) is 4.90 Å². The zero-order valence-electron chi connectivity index (χ0n) is 9.38. The zero-order valence-corrected chi connectivity index (χ0v) is 9.38. The maximum Gasteiger partial charge on any atom is 0.0638 e. The molecule has 0 saturated heterocycles. The largest absolute Gasteiger partial charge is 0.303 e. The van der Waals surface area contributed by atoms with Crippen molar-refractivity contribution in [3.63, 3.8) is 0 Å². The highest BCUT2D eigenvalue weighted by atomic mass is 15.1. The molecule has 1 unspecified atom stereocenters. The van der Waals surface area contributed by atoms with Gasteiger partial charge in [-0.2, -0.15) is 5.26 Å². The van der Waals surface area contributed by atoms with Crippen molar-refractivity contribution in [2.75, 3.05) is 13.6 Å². The summed E-state index contributed by atoms with van der Waals surface area (Å²) in [5.41, 5.74) is 0. The molecular weight excluding hydrogens is 160 g/mol. The SMILES string of the molecule is CC(C)CCCN(C)C(C)CC#N. The van der Waals surface area contributed by atoms with Crippen LogP contribution < -0.4 is 0 Å². The van der Waals surface area contributed by atoms with Gasteiger partial charge in [-0.3, -0.25) is 0 Å². The van der Waals surface area contributed by atoms with Crippen LogP contribution in [0.15, 0.2) is 0 Å². The fourth-order valence-corrected chi connectivity index (χ4v) is 1.26. The molecule has 0 fully saturated rings. The summed E-state index contributed by atoms with van der Waals surface area (Å²) in [5, 5.41) is 8.52. The van der Waals surface area contributed by atoms with Gasteiger partial charge < -0.3 is 4.90 Å². The van der Waals surface area contributed by atoms with Gasteiger partial charge in [0.15, 0.2) is 0 Å². The molecule has 0 amide bonds. The van der Waals surface area contributed by atoms with Crippen LogP contribution in [0.4, 0.5) is 0 Å². The first-order valence-corrected chi connectivity index (χ1v) is 5.15. The molecule has 1 atom stereocenters. The number of nitrogens with zero attached hydrogens (tertiary/aromatic N) is 2. The van der Waals surface area contributed by atoms with E-state index in [1.807, 2.05) is 0 Å². The van der Waals surface area contributed by atoms with Crippen LogP contribution in [0.2, 0.25) is 0 Å². The van der Waals surface area contributed by atoms with Crippen LogP contribution in [0.25, 0.3) is 0 Å². The van der Waals surface area contributed by atoms with Gasteiger partial charge in [-0.25, -0.2) is 0 Å². The second-order valence-electron chi connectivity index (χ2n) is 4.23. The Hall–Kier alpha value is -0.550. The summed E-state index contributed by atoms with van der Waals surface area (Å²) in [5.74, 6) is 0.791. The molecule has 0 aliphatic carbocycles. The molecule has 2 heteroatoms. The van der Waals surface area contributed by atoms with Crippen molar-refractivity contribution in [3.8, 4) is 6.07 Å². The second kappa shape index (κ2) is 6.91. The molecule has 0 aromatic rings. The standard InChI is InChI=1S/C11H22N2/c1-10(2)6-5-9-13(4)11(3)7-8-12/h10-11H,5-7,9H2,1-4H3. The molecule has 0 rings (SSSR count). The molecule has 2 nitrogen and oxygen atoms in total. The van der Waals surface area contributed by atoms with Crippen LogP contribution in [0.5, 0.6) is 0 Å². The number of hydrogen-bond donors (Lipinski definition) is 0. The minimum atomic E-state index is 0.400. The molecule has 0 heterocycles. The van der Waals surface area contributed by atoms with Crippen LogP contribution in [-0.2, 0) is 0 Å². The Morgan fingerprint density at radius 3 is 2.38 bits per heavy atom. The fraction of sp³-hybridized carbons (Fsp3) is 0.909. The fourth-order valence-electron chi connectivity index (χ4n) is 1.26. The lowest BCUT2D eigenvalue weighted by Crippen LogP contribution is -2.29. The molecule has 0 radical (unpaired) electrons. The summed E-state index contributed by atoms with van der Waals surface area (Å²) in [6.07, 6.45) is 3.16. The van der Waals surface area contributed by atoms with Crippen molar-refractivity contribution < 1.29 is 0 Å². The van der Waals surface area contributed by atoms with E-state index in [0.717, 1.165) is 12.5 Å². The first-order chi connectivity index (χ1) is 6.07. The maximum absolute atomic E-state index is 8.52. The Labute approximate surface area is 82.5 Å². The third kappa shape index (κ3) is 6.60. The first kappa shape index (κ1) is 12.4. The van der Waals surface area contributed by atoms with Crippen LogP contribution in [-0.4, -0.2) is 24.5 Å². The van der Waals surface area contributed by atoms with Crippen LogP contribution in [0, 0.1) is 17.2 Å². The summed E-state index contributed by atoms with van der Waals surface area (Å²) < 4.78 is 0. The summed E-state index contributed by atoms with van der Waals surface area (Å²) in [7, 11) is 2.10. The molecule has 0 aromatic carbocycles. The monoisotopic (exact) mass is 182 g/mol. The van der Waals surface area contributed by atoms with E-state index in [1.54, 1.807) is 0 Å².